The van der Waals surface area contributed by atoms with Crippen molar-refractivity contribution in [2.45, 2.75) is 18.2 Å². The topological polar surface area (TPSA) is 20.3 Å². The number of amides is 1. The summed E-state index contributed by atoms with van der Waals surface area (Å²) in [6.07, 6.45) is 0.906. The van der Waals surface area contributed by atoms with Crippen LogP contribution in [0.5, 0.6) is 0 Å². The molecule has 1 rings (SSSR count). The second-order valence-corrected chi connectivity index (χ2v) is 6.30. The number of halogens is 3. The fourth-order valence-corrected chi connectivity index (χ4v) is 1.83. The van der Waals surface area contributed by atoms with Gasteiger partial charge in [-0.25, -0.2) is 0 Å². The zero-order valence-corrected chi connectivity index (χ0v) is 12.8. The normalized spacial score (nSPS) is 12.3. The summed E-state index contributed by atoms with van der Waals surface area (Å²) in [6, 6.07) is 4.92. The highest BCUT2D eigenvalue weighted by Gasteiger charge is 2.13. The van der Waals surface area contributed by atoms with Gasteiger partial charge in [0.05, 0.1) is 10.0 Å². The van der Waals surface area contributed by atoms with Gasteiger partial charge in [0, 0.05) is 24.0 Å². The highest BCUT2D eigenvalue weighted by Crippen LogP contribution is 2.23. The van der Waals surface area contributed by atoms with E-state index in [0.717, 1.165) is 6.42 Å². The zero-order valence-electron chi connectivity index (χ0n) is 9.71. The van der Waals surface area contributed by atoms with Crippen LogP contribution in [0.3, 0.4) is 0 Å². The molecule has 0 saturated carbocycles. The highest BCUT2D eigenvalue weighted by molar-refractivity contribution is 9.09. The van der Waals surface area contributed by atoms with Gasteiger partial charge >= 0.3 is 0 Å². The maximum absolute atomic E-state index is 12.0. The van der Waals surface area contributed by atoms with E-state index < -0.39 is 0 Å². The Hall–Kier alpha value is -0.250. The van der Waals surface area contributed by atoms with Crippen molar-refractivity contribution in [1.29, 1.82) is 0 Å². The van der Waals surface area contributed by atoms with E-state index in [1.165, 1.54) is 0 Å². The number of nitrogens with zero attached hydrogens (tertiary/aromatic N) is 1. The Balaban J connectivity index is 2.71. The molecular formula is C12H14BrCl2NO. The maximum atomic E-state index is 12.0. The lowest BCUT2D eigenvalue weighted by atomic mass is 10.2. The molecule has 1 amide bonds. The number of benzene rings is 1. The summed E-state index contributed by atoms with van der Waals surface area (Å²) in [7, 11) is 1.78. The number of carbonyl (C=O) groups is 1. The summed E-state index contributed by atoms with van der Waals surface area (Å²) in [5.74, 6) is -0.0447. The van der Waals surface area contributed by atoms with Crippen LogP contribution in [0.15, 0.2) is 18.2 Å². The number of hydrogen-bond donors (Lipinski definition) is 0. The van der Waals surface area contributed by atoms with Gasteiger partial charge in [0.25, 0.3) is 5.91 Å². The molecule has 0 heterocycles. The fourth-order valence-electron chi connectivity index (χ4n) is 1.32. The van der Waals surface area contributed by atoms with Crippen molar-refractivity contribution in [2.75, 3.05) is 13.6 Å². The van der Waals surface area contributed by atoms with E-state index >= 15 is 0 Å². The number of carbonyl (C=O) groups excluding carboxylic acids is 1. The first-order valence-corrected chi connectivity index (χ1v) is 6.93. The molecule has 94 valence electrons. The first-order chi connectivity index (χ1) is 7.91. The standard InChI is InChI=1S/C12H14BrCl2NO/c1-8(13)5-6-16(2)12(17)9-3-4-10(14)11(15)7-9/h3-4,7-8H,5-6H2,1-2H3. The van der Waals surface area contributed by atoms with Crippen LogP contribution in [0.2, 0.25) is 10.0 Å². The first-order valence-electron chi connectivity index (χ1n) is 5.26. The minimum Gasteiger partial charge on any atom is -0.342 e. The lowest BCUT2D eigenvalue weighted by Gasteiger charge is -2.18. The molecule has 0 bridgehead atoms. The number of rotatable bonds is 4. The van der Waals surface area contributed by atoms with Crippen molar-refractivity contribution < 1.29 is 4.79 Å². The van der Waals surface area contributed by atoms with Crippen molar-refractivity contribution in [2.24, 2.45) is 0 Å². The minimum absolute atomic E-state index is 0.0447. The zero-order chi connectivity index (χ0) is 13.0. The largest absolute Gasteiger partial charge is 0.342 e. The van der Waals surface area contributed by atoms with Crippen LogP contribution in [0.1, 0.15) is 23.7 Å². The summed E-state index contributed by atoms with van der Waals surface area (Å²) in [5.41, 5.74) is 0.559. The van der Waals surface area contributed by atoms with Gasteiger partial charge in [0.15, 0.2) is 0 Å². The van der Waals surface area contributed by atoms with Crippen molar-refractivity contribution in [3.63, 3.8) is 0 Å². The molecule has 0 N–H and O–H groups in total. The SMILES string of the molecule is CC(Br)CCN(C)C(=O)c1ccc(Cl)c(Cl)c1. The molecule has 1 unspecified atom stereocenters. The Bertz CT molecular complexity index is 409. The average molecular weight is 339 g/mol. The molecule has 1 aromatic carbocycles. The van der Waals surface area contributed by atoms with Gasteiger partial charge in [0.1, 0.15) is 0 Å². The van der Waals surface area contributed by atoms with Crippen LogP contribution in [0.25, 0.3) is 0 Å². The molecule has 0 radical (unpaired) electrons. The Morgan fingerprint density at radius 1 is 1.41 bits per heavy atom. The Kier molecular flexibility index (Phi) is 5.77. The van der Waals surface area contributed by atoms with Gasteiger partial charge < -0.3 is 4.90 Å². The molecule has 17 heavy (non-hydrogen) atoms. The Morgan fingerprint density at radius 3 is 2.59 bits per heavy atom. The van der Waals surface area contributed by atoms with Crippen LogP contribution in [-0.2, 0) is 0 Å². The molecule has 2 nitrogen and oxygen atoms in total. The van der Waals surface area contributed by atoms with E-state index in [-0.39, 0.29) is 5.91 Å². The van der Waals surface area contributed by atoms with E-state index in [1.54, 1.807) is 30.1 Å². The molecule has 5 heteroatoms. The van der Waals surface area contributed by atoms with Gasteiger partial charge in [-0.15, -0.1) is 0 Å². The molecule has 0 saturated heterocycles. The van der Waals surface area contributed by atoms with Crippen LogP contribution < -0.4 is 0 Å². The predicted molar refractivity (Wildman–Crippen MR) is 76.4 cm³/mol. The van der Waals surface area contributed by atoms with Gasteiger partial charge in [0.2, 0.25) is 0 Å². The van der Waals surface area contributed by atoms with Crippen LogP contribution in [0.4, 0.5) is 0 Å². The number of alkyl halides is 1. The molecule has 1 aromatic rings. The van der Waals surface area contributed by atoms with Crippen LogP contribution in [0, 0.1) is 0 Å². The average Bonchev–Trinajstić information content (AvgIpc) is 2.28. The molecule has 0 aliphatic rings. The molecule has 0 aliphatic carbocycles. The quantitative estimate of drug-likeness (QED) is 0.752. The van der Waals surface area contributed by atoms with E-state index in [2.05, 4.69) is 22.9 Å². The van der Waals surface area contributed by atoms with E-state index in [0.29, 0.717) is 27.0 Å². The third kappa shape index (κ3) is 4.49. The summed E-state index contributed by atoms with van der Waals surface area (Å²) < 4.78 is 0. The van der Waals surface area contributed by atoms with E-state index in [4.69, 9.17) is 23.2 Å². The third-order valence-corrected chi connectivity index (χ3v) is 3.57. The highest BCUT2D eigenvalue weighted by atomic mass is 79.9. The fraction of sp³-hybridized carbons (Fsp3) is 0.417. The van der Waals surface area contributed by atoms with Crippen molar-refractivity contribution in [3.05, 3.63) is 33.8 Å². The van der Waals surface area contributed by atoms with Gasteiger partial charge in [-0.05, 0) is 24.6 Å². The monoisotopic (exact) mass is 337 g/mol. The van der Waals surface area contributed by atoms with Gasteiger partial charge in [-0.1, -0.05) is 46.1 Å². The number of hydrogen-bond acceptors (Lipinski definition) is 1. The van der Waals surface area contributed by atoms with Crippen molar-refractivity contribution in [3.8, 4) is 0 Å². The van der Waals surface area contributed by atoms with E-state index in [1.807, 2.05) is 0 Å². The molecule has 0 fully saturated rings. The lowest BCUT2D eigenvalue weighted by molar-refractivity contribution is 0.0794. The second-order valence-electron chi connectivity index (χ2n) is 3.93. The first kappa shape index (κ1) is 14.8. The van der Waals surface area contributed by atoms with Crippen molar-refractivity contribution >= 4 is 45.0 Å². The van der Waals surface area contributed by atoms with Crippen molar-refractivity contribution in [1.82, 2.24) is 4.90 Å². The smallest absolute Gasteiger partial charge is 0.253 e. The summed E-state index contributed by atoms with van der Waals surface area (Å²) in [6.45, 7) is 2.75. The summed E-state index contributed by atoms with van der Waals surface area (Å²) >= 11 is 15.1. The molecular weight excluding hydrogens is 325 g/mol. The lowest BCUT2D eigenvalue weighted by Crippen LogP contribution is -2.28. The van der Waals surface area contributed by atoms with Gasteiger partial charge in [-0.3, -0.25) is 4.79 Å². The van der Waals surface area contributed by atoms with Crippen LogP contribution in [-0.4, -0.2) is 29.2 Å². The van der Waals surface area contributed by atoms with E-state index in [9.17, 15) is 4.79 Å². The molecule has 0 aromatic heterocycles. The molecule has 0 aliphatic heterocycles. The Labute approximate surface area is 120 Å². The van der Waals surface area contributed by atoms with Gasteiger partial charge in [-0.2, -0.15) is 0 Å². The predicted octanol–water partition coefficient (Wildman–Crippen LogP) is 4.24. The third-order valence-electron chi connectivity index (χ3n) is 2.38. The summed E-state index contributed by atoms with van der Waals surface area (Å²) in [4.78, 5) is 14.1. The molecule has 1 atom stereocenters. The van der Waals surface area contributed by atoms with Crippen LogP contribution >= 0.6 is 39.1 Å². The maximum Gasteiger partial charge on any atom is 0.253 e. The molecule has 0 spiro atoms. The minimum atomic E-state index is -0.0447. The Morgan fingerprint density at radius 2 is 2.06 bits per heavy atom. The second kappa shape index (κ2) is 6.62. The summed E-state index contributed by atoms with van der Waals surface area (Å²) in [5, 5.41) is 0.861.